The third kappa shape index (κ3) is 5.99. The van der Waals surface area contributed by atoms with Crippen LogP contribution in [0, 0.1) is 0 Å². The van der Waals surface area contributed by atoms with Crippen molar-refractivity contribution in [3.05, 3.63) is 59.7 Å². The number of hydrogen-bond donors (Lipinski definition) is 0. The summed E-state index contributed by atoms with van der Waals surface area (Å²) < 4.78 is 10.9. The number of benzene rings is 2. The van der Waals surface area contributed by atoms with E-state index in [1.165, 1.54) is 0 Å². The van der Waals surface area contributed by atoms with Crippen LogP contribution in [0.1, 0.15) is 25.0 Å². The third-order valence-electron chi connectivity index (χ3n) is 5.16. The van der Waals surface area contributed by atoms with Gasteiger partial charge in [0.05, 0.1) is 26.1 Å². The first kappa shape index (κ1) is 21.7. The Kier molecular flexibility index (Phi) is 7.71. The van der Waals surface area contributed by atoms with E-state index in [2.05, 4.69) is 0 Å². The maximum absolute atomic E-state index is 12.6. The Morgan fingerprint density at radius 2 is 1.00 bits per heavy atom. The van der Waals surface area contributed by atoms with Gasteiger partial charge >= 0.3 is 0 Å². The highest BCUT2D eigenvalue weighted by Gasteiger charge is 2.24. The number of piperazine rings is 1. The van der Waals surface area contributed by atoms with Crippen molar-refractivity contribution in [2.45, 2.75) is 26.7 Å². The first-order valence-electron chi connectivity index (χ1n) is 10.6. The zero-order valence-corrected chi connectivity index (χ0v) is 17.8. The van der Waals surface area contributed by atoms with Crippen molar-refractivity contribution in [1.29, 1.82) is 0 Å². The summed E-state index contributed by atoms with van der Waals surface area (Å²) in [5.41, 5.74) is 1.94. The molecule has 0 saturated carbocycles. The molecule has 30 heavy (non-hydrogen) atoms. The van der Waals surface area contributed by atoms with E-state index in [-0.39, 0.29) is 11.8 Å². The minimum Gasteiger partial charge on any atom is -0.494 e. The minimum absolute atomic E-state index is 0.0952. The maximum atomic E-state index is 12.6. The summed E-state index contributed by atoms with van der Waals surface area (Å²) in [6, 6.07) is 15.3. The maximum Gasteiger partial charge on any atom is 0.227 e. The van der Waals surface area contributed by atoms with E-state index in [9.17, 15) is 9.59 Å². The molecule has 1 aliphatic heterocycles. The van der Waals surface area contributed by atoms with Gasteiger partial charge < -0.3 is 19.3 Å². The molecule has 0 atom stereocenters. The fourth-order valence-electron chi connectivity index (χ4n) is 3.52. The summed E-state index contributed by atoms with van der Waals surface area (Å²) in [7, 11) is 0. The Balaban J connectivity index is 1.45. The molecule has 6 nitrogen and oxygen atoms in total. The SMILES string of the molecule is CCOc1ccc(CC(=O)N2CCN(C(=O)Cc3ccc(OCC)cc3)CC2)cc1. The molecular weight excluding hydrogens is 380 g/mol. The third-order valence-corrected chi connectivity index (χ3v) is 5.16. The monoisotopic (exact) mass is 410 g/mol. The zero-order valence-electron chi connectivity index (χ0n) is 17.8. The molecule has 0 aliphatic carbocycles. The summed E-state index contributed by atoms with van der Waals surface area (Å²) in [5, 5.41) is 0. The molecule has 1 fully saturated rings. The fraction of sp³-hybridized carbons (Fsp3) is 0.417. The predicted octanol–water partition coefficient (Wildman–Crippen LogP) is 2.94. The number of carbonyl (C=O) groups is 2. The average Bonchev–Trinajstić information content (AvgIpc) is 2.77. The molecule has 160 valence electrons. The summed E-state index contributed by atoms with van der Waals surface area (Å²) in [6.45, 7) is 7.44. The number of carbonyl (C=O) groups excluding carboxylic acids is 2. The standard InChI is InChI=1S/C24H30N2O4/c1-3-29-21-9-5-19(6-10-21)17-23(27)25-13-15-26(16-14-25)24(28)18-20-7-11-22(12-8-20)30-4-2/h5-12H,3-4,13-18H2,1-2H3. The highest BCUT2D eigenvalue weighted by molar-refractivity contribution is 5.81. The summed E-state index contributed by atoms with van der Waals surface area (Å²) in [5.74, 6) is 1.82. The van der Waals surface area contributed by atoms with Crippen LogP contribution in [-0.2, 0) is 22.4 Å². The number of rotatable bonds is 8. The lowest BCUT2D eigenvalue weighted by Gasteiger charge is -2.35. The lowest BCUT2D eigenvalue weighted by molar-refractivity contribution is -0.138. The fourth-order valence-corrected chi connectivity index (χ4v) is 3.52. The van der Waals surface area contributed by atoms with Crippen molar-refractivity contribution in [2.24, 2.45) is 0 Å². The van der Waals surface area contributed by atoms with Gasteiger partial charge in [-0.25, -0.2) is 0 Å². The van der Waals surface area contributed by atoms with Crippen LogP contribution in [0.4, 0.5) is 0 Å². The van der Waals surface area contributed by atoms with E-state index < -0.39 is 0 Å². The van der Waals surface area contributed by atoms with Crippen LogP contribution in [0.5, 0.6) is 11.5 Å². The van der Waals surface area contributed by atoms with Crippen molar-refractivity contribution in [1.82, 2.24) is 9.80 Å². The minimum atomic E-state index is 0.0952. The van der Waals surface area contributed by atoms with E-state index >= 15 is 0 Å². The lowest BCUT2D eigenvalue weighted by Crippen LogP contribution is -2.51. The van der Waals surface area contributed by atoms with E-state index in [1.54, 1.807) is 0 Å². The molecule has 6 heteroatoms. The molecular formula is C24H30N2O4. The number of amides is 2. The Labute approximate surface area is 178 Å². The van der Waals surface area contributed by atoms with E-state index in [1.807, 2.05) is 72.2 Å². The van der Waals surface area contributed by atoms with Gasteiger partial charge in [-0.1, -0.05) is 24.3 Å². The van der Waals surface area contributed by atoms with Gasteiger partial charge in [-0.2, -0.15) is 0 Å². The summed E-state index contributed by atoms with van der Waals surface area (Å²) in [6.07, 6.45) is 0.735. The Hall–Kier alpha value is -3.02. The van der Waals surface area contributed by atoms with E-state index in [4.69, 9.17) is 9.47 Å². The number of ether oxygens (including phenoxy) is 2. The molecule has 1 heterocycles. The molecule has 3 rings (SSSR count). The topological polar surface area (TPSA) is 59.1 Å². The molecule has 1 aliphatic rings. The van der Waals surface area contributed by atoms with Gasteiger partial charge in [0.25, 0.3) is 0 Å². The molecule has 1 saturated heterocycles. The molecule has 0 radical (unpaired) electrons. The van der Waals surface area contributed by atoms with Gasteiger partial charge in [0.2, 0.25) is 11.8 Å². The largest absolute Gasteiger partial charge is 0.494 e. The van der Waals surface area contributed by atoms with Crippen LogP contribution in [0.15, 0.2) is 48.5 Å². The first-order chi connectivity index (χ1) is 14.6. The normalized spacial score (nSPS) is 13.8. The average molecular weight is 411 g/mol. The Bertz CT molecular complexity index is 754. The van der Waals surface area contributed by atoms with Gasteiger partial charge in [-0.3, -0.25) is 9.59 Å². The van der Waals surface area contributed by atoms with Crippen molar-refractivity contribution in [2.75, 3.05) is 39.4 Å². The molecule has 0 aromatic heterocycles. The van der Waals surface area contributed by atoms with Gasteiger partial charge in [0.1, 0.15) is 11.5 Å². The van der Waals surface area contributed by atoms with Crippen LogP contribution in [0.25, 0.3) is 0 Å². The van der Waals surface area contributed by atoms with Crippen LogP contribution >= 0.6 is 0 Å². The van der Waals surface area contributed by atoms with Gasteiger partial charge in [-0.05, 0) is 49.2 Å². The van der Waals surface area contributed by atoms with Crippen LogP contribution in [-0.4, -0.2) is 61.0 Å². The molecule has 2 amide bonds. The number of nitrogens with zero attached hydrogens (tertiary/aromatic N) is 2. The lowest BCUT2D eigenvalue weighted by atomic mass is 10.1. The zero-order chi connectivity index (χ0) is 21.3. The van der Waals surface area contributed by atoms with Crippen molar-refractivity contribution in [3.8, 4) is 11.5 Å². The highest BCUT2D eigenvalue weighted by atomic mass is 16.5. The molecule has 0 spiro atoms. The first-order valence-corrected chi connectivity index (χ1v) is 10.6. The van der Waals surface area contributed by atoms with Crippen molar-refractivity contribution in [3.63, 3.8) is 0 Å². The molecule has 0 N–H and O–H groups in total. The quantitative estimate of drug-likeness (QED) is 0.671. The summed E-state index contributed by atoms with van der Waals surface area (Å²) >= 11 is 0. The predicted molar refractivity (Wildman–Crippen MR) is 116 cm³/mol. The van der Waals surface area contributed by atoms with E-state index in [0.717, 1.165) is 22.6 Å². The van der Waals surface area contributed by atoms with E-state index in [0.29, 0.717) is 52.2 Å². The second-order valence-electron chi connectivity index (χ2n) is 7.27. The van der Waals surface area contributed by atoms with Crippen molar-refractivity contribution >= 4 is 11.8 Å². The van der Waals surface area contributed by atoms with Gasteiger partial charge in [0, 0.05) is 26.2 Å². The summed E-state index contributed by atoms with van der Waals surface area (Å²) in [4.78, 5) is 28.9. The Morgan fingerprint density at radius 1 is 0.667 bits per heavy atom. The number of hydrogen-bond acceptors (Lipinski definition) is 4. The second-order valence-corrected chi connectivity index (χ2v) is 7.27. The van der Waals surface area contributed by atoms with Crippen molar-refractivity contribution < 1.29 is 19.1 Å². The second kappa shape index (κ2) is 10.7. The molecule has 0 bridgehead atoms. The highest BCUT2D eigenvalue weighted by Crippen LogP contribution is 2.15. The Morgan fingerprint density at radius 3 is 1.30 bits per heavy atom. The smallest absolute Gasteiger partial charge is 0.227 e. The molecule has 2 aromatic carbocycles. The molecule has 0 unspecified atom stereocenters. The van der Waals surface area contributed by atoms with Gasteiger partial charge in [0.15, 0.2) is 0 Å². The van der Waals surface area contributed by atoms with Crippen LogP contribution in [0.2, 0.25) is 0 Å². The van der Waals surface area contributed by atoms with Gasteiger partial charge in [-0.15, -0.1) is 0 Å². The van der Waals surface area contributed by atoms with Crippen LogP contribution in [0.3, 0.4) is 0 Å². The molecule has 2 aromatic rings. The van der Waals surface area contributed by atoms with Crippen LogP contribution < -0.4 is 9.47 Å².